The van der Waals surface area contributed by atoms with Gasteiger partial charge in [-0.2, -0.15) is 4.31 Å². The number of hydrogen-bond donors (Lipinski definition) is 1. The molecule has 2 aromatic rings. The SMILES string of the molecule is CCOC(=O)c1[nH]c(C)c(S(=O)(=O)N2CCN(c3cccc(C)c3)C(C)C2)c1C. The topological polar surface area (TPSA) is 82.7 Å². The number of carbonyl (C=O) groups is 1. The van der Waals surface area contributed by atoms with Gasteiger partial charge in [0.15, 0.2) is 0 Å². The molecule has 7 nitrogen and oxygen atoms in total. The standard InChI is InChI=1S/C21H29N3O4S/c1-6-28-21(25)19-16(4)20(17(5)22-19)29(26,27)23-10-11-24(15(3)13-23)18-9-7-8-14(2)12-18/h7-9,12,15,22H,6,10-11,13H2,1-5H3. The normalized spacial score (nSPS) is 18.1. The summed E-state index contributed by atoms with van der Waals surface area (Å²) in [6.45, 7) is 10.7. The van der Waals surface area contributed by atoms with Gasteiger partial charge in [-0.1, -0.05) is 12.1 Å². The second-order valence-corrected chi connectivity index (χ2v) is 9.42. The van der Waals surface area contributed by atoms with Crippen LogP contribution < -0.4 is 4.90 Å². The van der Waals surface area contributed by atoms with Crippen molar-refractivity contribution in [2.24, 2.45) is 0 Å². The van der Waals surface area contributed by atoms with Crippen molar-refractivity contribution in [2.45, 2.75) is 45.6 Å². The molecule has 0 saturated carbocycles. The highest BCUT2D eigenvalue weighted by molar-refractivity contribution is 7.89. The number of nitrogens with zero attached hydrogens (tertiary/aromatic N) is 2. The van der Waals surface area contributed by atoms with Crippen molar-refractivity contribution in [3.05, 3.63) is 46.8 Å². The van der Waals surface area contributed by atoms with Crippen LogP contribution in [0.4, 0.5) is 5.69 Å². The third-order valence-electron chi connectivity index (χ3n) is 5.37. The van der Waals surface area contributed by atoms with Gasteiger partial charge in [-0.15, -0.1) is 0 Å². The fourth-order valence-corrected chi connectivity index (χ4v) is 5.91. The highest BCUT2D eigenvalue weighted by atomic mass is 32.2. The maximum atomic E-state index is 13.4. The van der Waals surface area contributed by atoms with Crippen molar-refractivity contribution in [3.8, 4) is 0 Å². The summed E-state index contributed by atoms with van der Waals surface area (Å²) in [6.07, 6.45) is 0. The van der Waals surface area contributed by atoms with E-state index in [1.54, 1.807) is 20.8 Å². The fraction of sp³-hybridized carbons (Fsp3) is 0.476. The fourth-order valence-electron chi connectivity index (χ4n) is 3.99. The molecule has 8 heteroatoms. The van der Waals surface area contributed by atoms with Crippen LogP contribution in [0.2, 0.25) is 0 Å². The highest BCUT2D eigenvalue weighted by Crippen LogP contribution is 2.30. The van der Waals surface area contributed by atoms with Gasteiger partial charge in [0.1, 0.15) is 10.6 Å². The van der Waals surface area contributed by atoms with Crippen LogP contribution in [0.1, 0.15) is 41.2 Å². The summed E-state index contributed by atoms with van der Waals surface area (Å²) in [5.41, 5.74) is 3.35. The predicted molar refractivity (Wildman–Crippen MR) is 113 cm³/mol. The van der Waals surface area contributed by atoms with Crippen LogP contribution in [-0.4, -0.2) is 56.0 Å². The number of rotatable bonds is 5. The maximum absolute atomic E-state index is 13.4. The number of sulfonamides is 1. The van der Waals surface area contributed by atoms with Crippen LogP contribution in [0.3, 0.4) is 0 Å². The van der Waals surface area contributed by atoms with Crippen molar-refractivity contribution in [3.63, 3.8) is 0 Å². The van der Waals surface area contributed by atoms with Gasteiger partial charge in [0.2, 0.25) is 10.0 Å². The number of nitrogens with one attached hydrogen (secondary N) is 1. The molecule has 158 valence electrons. The average molecular weight is 420 g/mol. The molecule has 2 heterocycles. The minimum absolute atomic E-state index is 0.0319. The Balaban J connectivity index is 1.86. The second-order valence-electron chi connectivity index (χ2n) is 7.54. The van der Waals surface area contributed by atoms with E-state index in [-0.39, 0.29) is 23.2 Å². The molecule has 0 aliphatic carbocycles. The maximum Gasteiger partial charge on any atom is 0.355 e. The quantitative estimate of drug-likeness (QED) is 0.754. The molecular formula is C21H29N3O4S. The first kappa shape index (κ1) is 21.4. The number of aryl methyl sites for hydroxylation is 2. The van der Waals surface area contributed by atoms with Gasteiger partial charge in [-0.25, -0.2) is 13.2 Å². The summed E-state index contributed by atoms with van der Waals surface area (Å²) in [7, 11) is -3.73. The molecule has 1 aliphatic heterocycles. The number of anilines is 1. The van der Waals surface area contributed by atoms with Crippen molar-refractivity contribution in [1.29, 1.82) is 0 Å². The molecule has 1 aliphatic rings. The lowest BCUT2D eigenvalue weighted by atomic mass is 10.1. The third-order valence-corrected chi connectivity index (χ3v) is 7.51. The first-order chi connectivity index (χ1) is 13.7. The Morgan fingerprint density at radius 2 is 1.97 bits per heavy atom. The minimum Gasteiger partial charge on any atom is -0.461 e. The minimum atomic E-state index is -3.73. The number of carbonyl (C=O) groups excluding carboxylic acids is 1. The van der Waals surface area contributed by atoms with Gasteiger partial charge in [0.05, 0.1) is 6.61 Å². The number of ether oxygens (including phenoxy) is 1. The van der Waals surface area contributed by atoms with Crippen LogP contribution >= 0.6 is 0 Å². The Morgan fingerprint density at radius 1 is 1.24 bits per heavy atom. The first-order valence-electron chi connectivity index (χ1n) is 9.86. The van der Waals surface area contributed by atoms with Gasteiger partial charge in [-0.3, -0.25) is 0 Å². The van der Waals surface area contributed by atoms with Crippen LogP contribution in [0.15, 0.2) is 29.2 Å². The van der Waals surface area contributed by atoms with Gasteiger partial charge in [-0.05, 0) is 52.3 Å². The van der Waals surface area contributed by atoms with E-state index in [1.807, 2.05) is 26.0 Å². The Morgan fingerprint density at radius 3 is 2.59 bits per heavy atom. The van der Waals surface area contributed by atoms with E-state index in [2.05, 4.69) is 22.0 Å². The molecule has 1 aromatic heterocycles. The number of aromatic amines is 1. The van der Waals surface area contributed by atoms with Crippen molar-refractivity contribution < 1.29 is 17.9 Å². The Kier molecular flexibility index (Phi) is 6.05. The molecule has 0 amide bonds. The summed E-state index contributed by atoms with van der Waals surface area (Å²) in [5, 5.41) is 0. The monoisotopic (exact) mass is 419 g/mol. The van der Waals surface area contributed by atoms with Crippen molar-refractivity contribution in [2.75, 3.05) is 31.1 Å². The molecule has 1 aromatic carbocycles. The molecule has 1 N–H and O–H groups in total. The summed E-state index contributed by atoms with van der Waals surface area (Å²) < 4.78 is 33.4. The summed E-state index contributed by atoms with van der Waals surface area (Å²) in [5.74, 6) is -0.535. The Labute approximate surface area is 172 Å². The number of benzene rings is 1. The van der Waals surface area contributed by atoms with E-state index in [0.29, 0.717) is 30.9 Å². The van der Waals surface area contributed by atoms with E-state index in [0.717, 1.165) is 5.69 Å². The summed E-state index contributed by atoms with van der Waals surface area (Å²) in [4.78, 5) is 17.5. The smallest absolute Gasteiger partial charge is 0.355 e. The predicted octanol–water partition coefficient (Wildman–Crippen LogP) is 3.02. The summed E-state index contributed by atoms with van der Waals surface area (Å²) in [6, 6.07) is 8.27. The molecule has 1 fully saturated rings. The number of esters is 1. The third kappa shape index (κ3) is 4.04. The van der Waals surface area contributed by atoms with Crippen LogP contribution in [0.5, 0.6) is 0 Å². The van der Waals surface area contributed by atoms with Gasteiger partial charge < -0.3 is 14.6 Å². The van der Waals surface area contributed by atoms with E-state index in [1.165, 1.54) is 9.87 Å². The van der Waals surface area contributed by atoms with Crippen molar-refractivity contribution >= 4 is 21.7 Å². The van der Waals surface area contributed by atoms with Gasteiger partial charge in [0.25, 0.3) is 0 Å². The largest absolute Gasteiger partial charge is 0.461 e. The molecule has 1 saturated heterocycles. The lowest BCUT2D eigenvalue weighted by Crippen LogP contribution is -2.53. The molecule has 3 rings (SSSR count). The second kappa shape index (κ2) is 8.20. The zero-order valence-electron chi connectivity index (χ0n) is 17.7. The highest BCUT2D eigenvalue weighted by Gasteiger charge is 2.36. The van der Waals surface area contributed by atoms with Crippen LogP contribution in [0, 0.1) is 20.8 Å². The van der Waals surface area contributed by atoms with Gasteiger partial charge in [0, 0.05) is 42.6 Å². The molecule has 0 radical (unpaired) electrons. The van der Waals surface area contributed by atoms with E-state index in [4.69, 9.17) is 4.74 Å². The number of piperazine rings is 1. The lowest BCUT2D eigenvalue weighted by Gasteiger charge is -2.40. The van der Waals surface area contributed by atoms with Crippen molar-refractivity contribution in [1.82, 2.24) is 9.29 Å². The molecule has 1 atom stereocenters. The molecule has 29 heavy (non-hydrogen) atoms. The number of hydrogen-bond acceptors (Lipinski definition) is 5. The molecule has 0 spiro atoms. The van der Waals surface area contributed by atoms with Crippen LogP contribution in [0.25, 0.3) is 0 Å². The first-order valence-corrected chi connectivity index (χ1v) is 11.3. The average Bonchev–Trinajstić information content (AvgIpc) is 2.96. The Bertz CT molecular complexity index is 1010. The zero-order valence-corrected chi connectivity index (χ0v) is 18.5. The lowest BCUT2D eigenvalue weighted by molar-refractivity contribution is 0.0519. The zero-order chi connectivity index (χ0) is 21.3. The summed E-state index contributed by atoms with van der Waals surface area (Å²) >= 11 is 0. The van der Waals surface area contributed by atoms with E-state index < -0.39 is 16.0 Å². The molecule has 0 bridgehead atoms. The van der Waals surface area contributed by atoms with E-state index in [9.17, 15) is 13.2 Å². The number of aromatic nitrogens is 1. The van der Waals surface area contributed by atoms with Crippen LogP contribution in [-0.2, 0) is 14.8 Å². The number of H-pyrrole nitrogens is 1. The van der Waals surface area contributed by atoms with Gasteiger partial charge >= 0.3 is 5.97 Å². The molecular weight excluding hydrogens is 390 g/mol. The van der Waals surface area contributed by atoms with E-state index >= 15 is 0 Å². The molecule has 1 unspecified atom stereocenters. The Hall–Kier alpha value is -2.32.